The summed E-state index contributed by atoms with van der Waals surface area (Å²) in [5.74, 6) is -5.64. The second kappa shape index (κ2) is 5.40. The highest BCUT2D eigenvalue weighted by atomic mass is 16.7. The number of hydrogen-bond acceptors (Lipinski definition) is 8. The van der Waals surface area contributed by atoms with E-state index in [1.165, 1.54) is 24.3 Å². The van der Waals surface area contributed by atoms with Crippen LogP contribution in [0.4, 0.5) is 0 Å². The van der Waals surface area contributed by atoms with E-state index in [4.69, 9.17) is 0 Å². The van der Waals surface area contributed by atoms with Gasteiger partial charge in [0.25, 0.3) is 6.04 Å². The van der Waals surface area contributed by atoms with Gasteiger partial charge in [-0.1, -0.05) is 30.3 Å². The van der Waals surface area contributed by atoms with E-state index in [-0.39, 0.29) is 11.1 Å². The van der Waals surface area contributed by atoms with Crippen molar-refractivity contribution in [1.29, 1.82) is 0 Å². The molecule has 1 aliphatic carbocycles. The van der Waals surface area contributed by atoms with Gasteiger partial charge in [-0.05, 0) is 11.6 Å². The Kier molecular flexibility index (Phi) is 3.74. The van der Waals surface area contributed by atoms with Gasteiger partial charge in [-0.15, -0.1) is 0 Å². The molecule has 0 amide bonds. The molecule has 0 unspecified atom stereocenters. The highest BCUT2D eigenvalue weighted by molar-refractivity contribution is 5.41. The van der Waals surface area contributed by atoms with Gasteiger partial charge in [-0.2, -0.15) is 0 Å². The van der Waals surface area contributed by atoms with Crippen LogP contribution in [0, 0.1) is 40.5 Å². The van der Waals surface area contributed by atoms with Crippen LogP contribution in [-0.2, 0) is 0 Å². The summed E-state index contributed by atoms with van der Waals surface area (Å²) >= 11 is 0. The van der Waals surface area contributed by atoms with Crippen molar-refractivity contribution in [1.82, 2.24) is 0 Å². The lowest BCUT2D eigenvalue weighted by molar-refractivity contribution is -0.972. The van der Waals surface area contributed by atoms with Crippen molar-refractivity contribution >= 4 is 0 Å². The number of fused-ring (bicyclic) bond motifs is 1. The molecule has 0 aliphatic heterocycles. The molecule has 12 nitrogen and oxygen atoms in total. The van der Waals surface area contributed by atoms with Gasteiger partial charge in [0.1, 0.15) is 0 Å². The molecule has 23 heavy (non-hydrogen) atoms. The van der Waals surface area contributed by atoms with E-state index in [9.17, 15) is 40.5 Å². The van der Waals surface area contributed by atoms with E-state index in [0.29, 0.717) is 0 Å². The van der Waals surface area contributed by atoms with Crippen LogP contribution in [0.25, 0.3) is 0 Å². The first-order chi connectivity index (χ1) is 10.7. The molecule has 0 saturated carbocycles. The van der Waals surface area contributed by atoms with Crippen molar-refractivity contribution in [3.05, 3.63) is 88.0 Å². The molecule has 12 heteroatoms. The minimum atomic E-state index is -3.76. The Bertz CT molecular complexity index is 709. The Hall–Kier alpha value is -3.44. The van der Waals surface area contributed by atoms with Gasteiger partial charge < -0.3 is 0 Å². The highest BCUT2D eigenvalue weighted by Gasteiger charge is 2.76. The summed E-state index contributed by atoms with van der Waals surface area (Å²) in [4.78, 5) is 39.1. The molecule has 0 radical (unpaired) electrons. The molecular weight excluding hydrogens is 316 g/mol. The zero-order valence-electron chi connectivity index (χ0n) is 11.2. The van der Waals surface area contributed by atoms with Crippen LogP contribution >= 0.6 is 0 Å². The quantitative estimate of drug-likeness (QED) is 0.335. The predicted molar refractivity (Wildman–Crippen MR) is 71.8 cm³/mol. The Morgan fingerprint density at radius 2 is 1.26 bits per heavy atom. The van der Waals surface area contributed by atoms with Gasteiger partial charge in [0.2, 0.25) is 5.92 Å². The van der Waals surface area contributed by atoms with Crippen molar-refractivity contribution in [3.8, 4) is 0 Å². The number of hydrogen-bond donors (Lipinski definition) is 0. The number of nitro groups is 4. The Labute approximate surface area is 126 Å². The van der Waals surface area contributed by atoms with Crippen LogP contribution < -0.4 is 0 Å². The van der Waals surface area contributed by atoms with Crippen LogP contribution in [0.15, 0.2) is 36.4 Å². The molecule has 2 atom stereocenters. The van der Waals surface area contributed by atoms with Gasteiger partial charge in [0.05, 0.1) is 0 Å². The topological polar surface area (TPSA) is 173 Å². The van der Waals surface area contributed by atoms with Gasteiger partial charge in [0.15, 0.2) is 14.8 Å². The number of nitrogens with zero attached hydrogens (tertiary/aromatic N) is 4. The first kappa shape index (κ1) is 15.9. The normalized spacial score (nSPS) is 19.7. The molecule has 1 aliphatic rings. The fourth-order valence-corrected chi connectivity index (χ4v) is 2.55. The van der Waals surface area contributed by atoms with E-state index in [2.05, 4.69) is 0 Å². The van der Waals surface area contributed by atoms with Gasteiger partial charge >= 0.3 is 5.79 Å². The third kappa shape index (κ3) is 2.16. The summed E-state index contributed by atoms with van der Waals surface area (Å²) in [6.45, 7) is 0. The molecule has 0 bridgehead atoms. The maximum atomic E-state index is 11.2. The molecule has 0 spiro atoms. The monoisotopic (exact) mass is 324 g/mol. The Morgan fingerprint density at radius 1 is 0.783 bits per heavy atom. The highest BCUT2D eigenvalue weighted by Crippen LogP contribution is 2.41. The lowest BCUT2D eigenvalue weighted by atomic mass is 9.81. The van der Waals surface area contributed by atoms with Crippen LogP contribution in [0.1, 0.15) is 23.1 Å². The second-order valence-electron chi connectivity index (χ2n) is 4.68. The van der Waals surface area contributed by atoms with Gasteiger partial charge in [-0.25, -0.2) is 0 Å². The molecule has 0 aromatic heterocycles. The minimum Gasteiger partial charge on any atom is -0.264 e. The maximum absolute atomic E-state index is 11.2. The molecule has 0 N–H and O–H groups in total. The molecule has 2 rings (SSSR count). The molecule has 1 aromatic rings. The van der Waals surface area contributed by atoms with E-state index >= 15 is 0 Å². The molecule has 1 aromatic carbocycles. The van der Waals surface area contributed by atoms with Crippen LogP contribution in [-0.4, -0.2) is 25.5 Å². The lowest BCUT2D eigenvalue weighted by Crippen LogP contribution is -2.57. The third-order valence-corrected chi connectivity index (χ3v) is 3.59. The average Bonchev–Trinajstić information content (AvgIpc) is 2.46. The summed E-state index contributed by atoms with van der Waals surface area (Å²) in [7, 11) is 0. The van der Waals surface area contributed by atoms with Gasteiger partial charge in [-0.3, -0.25) is 40.5 Å². The van der Waals surface area contributed by atoms with Crippen molar-refractivity contribution in [2.75, 3.05) is 0 Å². The molecule has 120 valence electrons. The lowest BCUT2D eigenvalue weighted by Gasteiger charge is -2.22. The summed E-state index contributed by atoms with van der Waals surface area (Å²) in [6, 6.07) is 3.78. The van der Waals surface area contributed by atoms with Crippen LogP contribution in [0.2, 0.25) is 0 Å². The van der Waals surface area contributed by atoms with E-state index < -0.39 is 37.4 Å². The Morgan fingerprint density at radius 3 is 1.70 bits per heavy atom. The molecule has 0 heterocycles. The SMILES string of the molecule is O=[N+]([O-])[C@@H]1C=C[C@H](C([N+](=O)[O-])([N+](=O)[O-])[N+](=O)[O-])c2ccccc21. The Balaban J connectivity index is 2.75. The van der Waals surface area contributed by atoms with Crippen LogP contribution in [0.5, 0.6) is 0 Å². The fourth-order valence-electron chi connectivity index (χ4n) is 2.55. The van der Waals surface area contributed by atoms with Gasteiger partial charge in [0, 0.05) is 10.5 Å². The molecule has 0 fully saturated rings. The first-order valence-corrected chi connectivity index (χ1v) is 6.08. The van der Waals surface area contributed by atoms with E-state index in [1.807, 2.05) is 0 Å². The fraction of sp³-hybridized carbons (Fsp3) is 0.273. The summed E-state index contributed by atoms with van der Waals surface area (Å²) < 4.78 is 0. The zero-order chi connectivity index (χ0) is 17.4. The maximum Gasteiger partial charge on any atom is 0.710 e. The number of benzene rings is 1. The zero-order valence-corrected chi connectivity index (χ0v) is 11.2. The molecular formula is C11H8N4O8. The largest absolute Gasteiger partial charge is 0.710 e. The van der Waals surface area contributed by atoms with Crippen LogP contribution in [0.3, 0.4) is 0 Å². The summed E-state index contributed by atoms with van der Waals surface area (Å²) in [5, 5.41) is 44.6. The smallest absolute Gasteiger partial charge is 0.264 e. The summed E-state index contributed by atoms with van der Waals surface area (Å²) in [6.07, 6.45) is 1.67. The van der Waals surface area contributed by atoms with E-state index in [1.54, 1.807) is 0 Å². The summed E-state index contributed by atoms with van der Waals surface area (Å²) in [5.41, 5.74) is -0.248. The second-order valence-corrected chi connectivity index (χ2v) is 4.68. The van der Waals surface area contributed by atoms with Crippen molar-refractivity contribution in [2.24, 2.45) is 0 Å². The first-order valence-electron chi connectivity index (χ1n) is 6.08. The predicted octanol–water partition coefficient (Wildman–Crippen LogP) is 1.14. The third-order valence-electron chi connectivity index (χ3n) is 3.59. The van der Waals surface area contributed by atoms with E-state index in [0.717, 1.165) is 12.2 Å². The minimum absolute atomic E-state index is 0.0556. The number of rotatable bonds is 5. The van der Waals surface area contributed by atoms with Crippen molar-refractivity contribution < 1.29 is 19.7 Å². The standard InChI is InChI=1S/C11H8N4O8/c16-12(17)10-6-5-9(7-3-1-2-4-8(7)10)11(13(18)19,14(20)21)15(22)23/h1-6,9-10H/t9-,10+/m0/s1. The average molecular weight is 324 g/mol. The van der Waals surface area contributed by atoms with Crippen molar-refractivity contribution in [3.63, 3.8) is 0 Å². The van der Waals surface area contributed by atoms with Crippen molar-refractivity contribution in [2.45, 2.75) is 17.7 Å². The molecule has 0 saturated heterocycles.